The number of nitrogens with zero attached hydrogens (tertiary/aromatic N) is 2. The van der Waals surface area contributed by atoms with Gasteiger partial charge in [-0.15, -0.1) is 0 Å². The van der Waals surface area contributed by atoms with Gasteiger partial charge in [-0.25, -0.2) is 0 Å². The van der Waals surface area contributed by atoms with Crippen molar-refractivity contribution in [1.29, 1.82) is 0 Å². The number of likely N-dealkylation sites (N-methyl/N-ethyl adjacent to an activating group) is 1. The minimum absolute atomic E-state index is 0.268. The summed E-state index contributed by atoms with van der Waals surface area (Å²) in [4.78, 5) is 16.5. The minimum atomic E-state index is 0.268. The van der Waals surface area contributed by atoms with E-state index < -0.39 is 0 Å². The molecule has 2 fully saturated rings. The molecular weight excluding hydrogens is 202 g/mol. The quantitative estimate of drug-likeness (QED) is 0.747. The van der Waals surface area contributed by atoms with E-state index in [1.807, 2.05) is 7.05 Å². The Balaban J connectivity index is 1.84. The Morgan fingerprint density at radius 2 is 2.00 bits per heavy atom. The summed E-state index contributed by atoms with van der Waals surface area (Å²) < 4.78 is 0. The molecule has 2 saturated heterocycles. The first-order chi connectivity index (χ1) is 7.81. The van der Waals surface area contributed by atoms with Crippen molar-refractivity contribution in [2.75, 3.05) is 39.8 Å². The van der Waals surface area contributed by atoms with Crippen molar-refractivity contribution in [3.05, 3.63) is 0 Å². The van der Waals surface area contributed by atoms with Gasteiger partial charge in [0.1, 0.15) is 0 Å². The number of carbonyl (C=O) groups excluding carboxylic acids is 1. The van der Waals surface area contributed by atoms with Crippen molar-refractivity contribution in [2.24, 2.45) is 0 Å². The largest absolute Gasteiger partial charge is 0.337 e. The molecule has 0 aromatic heterocycles. The van der Waals surface area contributed by atoms with Crippen LogP contribution in [0.2, 0.25) is 0 Å². The second-order valence-electron chi connectivity index (χ2n) is 4.92. The van der Waals surface area contributed by atoms with Gasteiger partial charge in [-0.1, -0.05) is 0 Å². The molecule has 0 aromatic rings. The number of likely N-dealkylation sites (tertiary alicyclic amines) is 2. The molecule has 1 amide bonds. The fourth-order valence-electron chi connectivity index (χ4n) is 2.87. The number of hydrogen-bond acceptors (Lipinski definition) is 3. The molecule has 4 nitrogen and oxygen atoms in total. The van der Waals surface area contributed by atoms with E-state index in [-0.39, 0.29) is 5.91 Å². The molecule has 0 aliphatic carbocycles. The minimum Gasteiger partial charge on any atom is -0.337 e. The maximum Gasteiger partial charge on any atom is 0.236 e. The summed E-state index contributed by atoms with van der Waals surface area (Å²) in [6.45, 7) is 4.99. The molecule has 1 atom stereocenters. The van der Waals surface area contributed by atoms with Crippen molar-refractivity contribution in [2.45, 2.75) is 31.7 Å². The summed E-state index contributed by atoms with van der Waals surface area (Å²) in [5.74, 6) is 0.268. The van der Waals surface area contributed by atoms with Crippen LogP contribution in [0.25, 0.3) is 0 Å². The van der Waals surface area contributed by atoms with Crippen LogP contribution in [0.4, 0.5) is 0 Å². The first kappa shape index (κ1) is 11.9. The maximum absolute atomic E-state index is 11.9. The number of carbonyl (C=O) groups is 1. The van der Waals surface area contributed by atoms with Gasteiger partial charge in [0.2, 0.25) is 5.91 Å². The Morgan fingerprint density at radius 3 is 2.69 bits per heavy atom. The molecule has 4 heteroatoms. The highest BCUT2D eigenvalue weighted by atomic mass is 16.2. The Hall–Kier alpha value is -0.610. The van der Waals surface area contributed by atoms with E-state index in [1.165, 1.54) is 38.8 Å². The van der Waals surface area contributed by atoms with Gasteiger partial charge in [-0.2, -0.15) is 0 Å². The first-order valence-corrected chi connectivity index (χ1v) is 6.47. The molecule has 2 aliphatic heterocycles. The van der Waals surface area contributed by atoms with Gasteiger partial charge in [0.05, 0.1) is 6.54 Å². The van der Waals surface area contributed by atoms with Crippen molar-refractivity contribution < 1.29 is 4.79 Å². The van der Waals surface area contributed by atoms with Crippen LogP contribution in [0.5, 0.6) is 0 Å². The fourth-order valence-corrected chi connectivity index (χ4v) is 2.87. The third-order valence-electron chi connectivity index (χ3n) is 3.69. The van der Waals surface area contributed by atoms with E-state index in [4.69, 9.17) is 0 Å². The molecule has 2 aliphatic rings. The van der Waals surface area contributed by atoms with Crippen molar-refractivity contribution in [3.63, 3.8) is 0 Å². The summed E-state index contributed by atoms with van der Waals surface area (Å²) in [6.07, 6.45) is 5.02. The standard InChI is InChI=1S/C12H23N3O/c1-13-9-12(16)15-8-4-5-11(15)10-14-6-2-3-7-14/h11,13H,2-10H2,1H3. The predicted molar refractivity (Wildman–Crippen MR) is 64.3 cm³/mol. The maximum atomic E-state index is 11.9. The van der Waals surface area contributed by atoms with E-state index in [0.29, 0.717) is 12.6 Å². The van der Waals surface area contributed by atoms with Gasteiger partial charge < -0.3 is 15.1 Å². The molecule has 0 bridgehead atoms. The highest BCUT2D eigenvalue weighted by Crippen LogP contribution is 2.20. The molecule has 2 heterocycles. The Morgan fingerprint density at radius 1 is 1.25 bits per heavy atom. The fraction of sp³-hybridized carbons (Fsp3) is 0.917. The smallest absolute Gasteiger partial charge is 0.236 e. The van der Waals surface area contributed by atoms with E-state index in [0.717, 1.165) is 13.1 Å². The van der Waals surface area contributed by atoms with Gasteiger partial charge in [-0.3, -0.25) is 4.79 Å². The lowest BCUT2D eigenvalue weighted by molar-refractivity contribution is -0.131. The van der Waals surface area contributed by atoms with Gasteiger partial charge in [0.25, 0.3) is 0 Å². The summed E-state index contributed by atoms with van der Waals surface area (Å²) in [6, 6.07) is 0.471. The Kier molecular flexibility index (Phi) is 4.18. The van der Waals surface area contributed by atoms with Crippen molar-refractivity contribution >= 4 is 5.91 Å². The van der Waals surface area contributed by atoms with E-state index in [2.05, 4.69) is 15.1 Å². The molecule has 0 spiro atoms. The van der Waals surface area contributed by atoms with Gasteiger partial charge in [0.15, 0.2) is 0 Å². The van der Waals surface area contributed by atoms with Crippen LogP contribution in [0.1, 0.15) is 25.7 Å². The summed E-state index contributed by atoms with van der Waals surface area (Å²) in [5, 5.41) is 2.95. The van der Waals surface area contributed by atoms with Crippen LogP contribution in [-0.4, -0.2) is 61.5 Å². The number of amides is 1. The number of hydrogen-bond donors (Lipinski definition) is 1. The summed E-state index contributed by atoms with van der Waals surface area (Å²) in [5.41, 5.74) is 0. The molecule has 16 heavy (non-hydrogen) atoms. The SMILES string of the molecule is CNCC(=O)N1CCCC1CN1CCCC1. The predicted octanol–water partition coefficient (Wildman–Crippen LogP) is 0.293. The molecule has 0 aromatic carbocycles. The first-order valence-electron chi connectivity index (χ1n) is 6.47. The lowest BCUT2D eigenvalue weighted by atomic mass is 10.2. The number of nitrogens with one attached hydrogen (secondary N) is 1. The lowest BCUT2D eigenvalue weighted by Gasteiger charge is -2.28. The molecule has 1 unspecified atom stereocenters. The van der Waals surface area contributed by atoms with E-state index >= 15 is 0 Å². The van der Waals surface area contributed by atoms with Crippen molar-refractivity contribution in [1.82, 2.24) is 15.1 Å². The van der Waals surface area contributed by atoms with Gasteiger partial charge in [-0.05, 0) is 45.8 Å². The van der Waals surface area contributed by atoms with Crippen LogP contribution in [0.15, 0.2) is 0 Å². The highest BCUT2D eigenvalue weighted by molar-refractivity contribution is 5.78. The number of rotatable bonds is 4. The molecule has 92 valence electrons. The zero-order chi connectivity index (χ0) is 11.4. The lowest BCUT2D eigenvalue weighted by Crippen LogP contribution is -2.45. The third-order valence-corrected chi connectivity index (χ3v) is 3.69. The Bertz CT molecular complexity index is 238. The average Bonchev–Trinajstić information content (AvgIpc) is 2.90. The molecular formula is C12H23N3O. The average molecular weight is 225 g/mol. The highest BCUT2D eigenvalue weighted by Gasteiger charge is 2.30. The summed E-state index contributed by atoms with van der Waals surface area (Å²) >= 11 is 0. The van der Waals surface area contributed by atoms with Crippen LogP contribution >= 0.6 is 0 Å². The van der Waals surface area contributed by atoms with E-state index in [9.17, 15) is 4.79 Å². The normalized spacial score (nSPS) is 26.6. The van der Waals surface area contributed by atoms with Gasteiger partial charge >= 0.3 is 0 Å². The topological polar surface area (TPSA) is 35.6 Å². The molecule has 0 saturated carbocycles. The monoisotopic (exact) mass is 225 g/mol. The molecule has 0 radical (unpaired) electrons. The van der Waals surface area contributed by atoms with Crippen LogP contribution in [0, 0.1) is 0 Å². The molecule has 1 N–H and O–H groups in total. The summed E-state index contributed by atoms with van der Waals surface area (Å²) in [7, 11) is 1.84. The van der Waals surface area contributed by atoms with Crippen molar-refractivity contribution in [3.8, 4) is 0 Å². The van der Waals surface area contributed by atoms with Crippen LogP contribution in [0.3, 0.4) is 0 Å². The second-order valence-corrected chi connectivity index (χ2v) is 4.92. The molecule has 2 rings (SSSR count). The van der Waals surface area contributed by atoms with Gasteiger partial charge in [0, 0.05) is 19.1 Å². The van der Waals surface area contributed by atoms with Crippen LogP contribution in [-0.2, 0) is 4.79 Å². The Labute approximate surface area is 98.0 Å². The van der Waals surface area contributed by atoms with E-state index in [1.54, 1.807) is 0 Å². The zero-order valence-corrected chi connectivity index (χ0v) is 10.2. The third kappa shape index (κ3) is 2.74. The second kappa shape index (κ2) is 5.64. The van der Waals surface area contributed by atoms with Crippen LogP contribution < -0.4 is 5.32 Å². The zero-order valence-electron chi connectivity index (χ0n) is 10.2.